The molecule has 0 heterocycles. The first-order valence-electron chi connectivity index (χ1n) is 6.00. The van der Waals surface area contributed by atoms with E-state index in [2.05, 4.69) is 0 Å². The number of allylic oxidation sites excluding steroid dienone is 1. The van der Waals surface area contributed by atoms with Crippen LogP contribution >= 0.6 is 0 Å². The largest absolute Gasteiger partial charge is 0.371 e. The second-order valence-corrected chi connectivity index (χ2v) is 4.15. The summed E-state index contributed by atoms with van der Waals surface area (Å²) < 4.78 is 25.9. The van der Waals surface area contributed by atoms with Gasteiger partial charge in [0.05, 0.1) is 5.70 Å². The molecule has 1 saturated carbocycles. The Hall–Kier alpha value is -0.600. The minimum Gasteiger partial charge on any atom is -0.371 e. The van der Waals surface area contributed by atoms with Gasteiger partial charge < -0.3 is 4.90 Å². The zero-order chi connectivity index (χ0) is 11.3. The van der Waals surface area contributed by atoms with Crippen LogP contribution in [0.4, 0.5) is 8.78 Å². The standard InChI is InChI=1S/C12H21F2N/c1-3-15(4-2)11(12(13)14)10-8-6-5-7-9-10/h10H,3-9H2,1-2H3. The number of hydrogen-bond acceptors (Lipinski definition) is 1. The summed E-state index contributed by atoms with van der Waals surface area (Å²) in [7, 11) is 0. The quantitative estimate of drug-likeness (QED) is 0.687. The monoisotopic (exact) mass is 217 g/mol. The van der Waals surface area contributed by atoms with E-state index in [9.17, 15) is 8.78 Å². The average Bonchev–Trinajstić information content (AvgIpc) is 2.26. The Balaban J connectivity index is 2.77. The Morgan fingerprint density at radius 3 is 2.00 bits per heavy atom. The van der Waals surface area contributed by atoms with Gasteiger partial charge in [-0.25, -0.2) is 0 Å². The van der Waals surface area contributed by atoms with E-state index in [1.54, 1.807) is 0 Å². The van der Waals surface area contributed by atoms with Crippen molar-refractivity contribution in [2.24, 2.45) is 5.92 Å². The minimum atomic E-state index is -1.47. The van der Waals surface area contributed by atoms with Gasteiger partial charge in [-0.05, 0) is 26.7 Å². The molecule has 1 fully saturated rings. The maximum Gasteiger partial charge on any atom is 0.289 e. The number of halogens is 2. The zero-order valence-corrected chi connectivity index (χ0v) is 9.73. The molecule has 1 aliphatic carbocycles. The average molecular weight is 217 g/mol. The molecule has 0 atom stereocenters. The Kier molecular flexibility index (Phi) is 5.06. The van der Waals surface area contributed by atoms with Crippen LogP contribution in [-0.2, 0) is 0 Å². The molecule has 0 bridgehead atoms. The zero-order valence-electron chi connectivity index (χ0n) is 9.73. The van der Waals surface area contributed by atoms with E-state index in [0.29, 0.717) is 18.8 Å². The van der Waals surface area contributed by atoms with Crippen molar-refractivity contribution < 1.29 is 8.78 Å². The summed E-state index contributed by atoms with van der Waals surface area (Å²) in [6.07, 6.45) is 3.80. The first-order chi connectivity index (χ1) is 7.20. The van der Waals surface area contributed by atoms with Crippen LogP contribution in [0.15, 0.2) is 11.8 Å². The van der Waals surface area contributed by atoms with Gasteiger partial charge in [0.25, 0.3) is 6.08 Å². The molecule has 15 heavy (non-hydrogen) atoms. The van der Waals surface area contributed by atoms with Crippen molar-refractivity contribution in [3.63, 3.8) is 0 Å². The topological polar surface area (TPSA) is 3.24 Å². The second kappa shape index (κ2) is 6.09. The molecule has 1 aliphatic rings. The van der Waals surface area contributed by atoms with Crippen molar-refractivity contribution >= 4 is 0 Å². The van der Waals surface area contributed by atoms with Gasteiger partial charge in [0, 0.05) is 19.0 Å². The van der Waals surface area contributed by atoms with Crippen molar-refractivity contribution in [1.29, 1.82) is 0 Å². The van der Waals surface area contributed by atoms with Crippen LogP contribution in [0, 0.1) is 5.92 Å². The first kappa shape index (κ1) is 12.5. The minimum absolute atomic E-state index is 0.101. The molecule has 88 valence electrons. The van der Waals surface area contributed by atoms with Gasteiger partial charge in [0.1, 0.15) is 0 Å². The molecular formula is C12H21F2N. The van der Waals surface area contributed by atoms with E-state index in [-0.39, 0.29) is 5.92 Å². The molecule has 1 rings (SSSR count). The second-order valence-electron chi connectivity index (χ2n) is 4.15. The summed E-state index contributed by atoms with van der Waals surface area (Å²) in [6, 6.07) is 0. The van der Waals surface area contributed by atoms with Gasteiger partial charge in [-0.3, -0.25) is 0 Å². The lowest BCUT2D eigenvalue weighted by Gasteiger charge is -2.31. The fraction of sp³-hybridized carbons (Fsp3) is 0.833. The molecule has 3 heteroatoms. The number of rotatable bonds is 4. The van der Waals surface area contributed by atoms with E-state index >= 15 is 0 Å². The normalized spacial score (nSPS) is 17.6. The third-order valence-corrected chi connectivity index (χ3v) is 3.29. The van der Waals surface area contributed by atoms with Crippen molar-refractivity contribution in [3.05, 3.63) is 11.8 Å². The smallest absolute Gasteiger partial charge is 0.289 e. The van der Waals surface area contributed by atoms with Crippen molar-refractivity contribution in [2.75, 3.05) is 13.1 Å². The van der Waals surface area contributed by atoms with Crippen LogP contribution in [0.3, 0.4) is 0 Å². The lowest BCUT2D eigenvalue weighted by Crippen LogP contribution is -2.28. The summed E-state index contributed by atoms with van der Waals surface area (Å²) in [5.41, 5.74) is 0.319. The van der Waals surface area contributed by atoms with Gasteiger partial charge in [0.2, 0.25) is 0 Å². The fourth-order valence-corrected chi connectivity index (χ4v) is 2.47. The van der Waals surface area contributed by atoms with Crippen LogP contribution in [0.5, 0.6) is 0 Å². The SMILES string of the molecule is CCN(CC)C(=C(F)F)C1CCCCC1. The molecule has 0 spiro atoms. The summed E-state index contributed by atoms with van der Waals surface area (Å²) in [5, 5.41) is 0. The van der Waals surface area contributed by atoms with E-state index in [1.807, 2.05) is 18.7 Å². The Labute approximate surface area is 91.1 Å². The highest BCUT2D eigenvalue weighted by Crippen LogP contribution is 2.33. The molecular weight excluding hydrogens is 196 g/mol. The van der Waals surface area contributed by atoms with Crippen LogP contribution in [0.25, 0.3) is 0 Å². The van der Waals surface area contributed by atoms with Crippen LogP contribution in [0.2, 0.25) is 0 Å². The molecule has 1 nitrogen and oxygen atoms in total. The van der Waals surface area contributed by atoms with Crippen LogP contribution in [-0.4, -0.2) is 18.0 Å². The van der Waals surface area contributed by atoms with Crippen molar-refractivity contribution in [1.82, 2.24) is 4.90 Å². The molecule has 0 radical (unpaired) electrons. The maximum atomic E-state index is 12.9. The summed E-state index contributed by atoms with van der Waals surface area (Å²) in [4.78, 5) is 1.81. The van der Waals surface area contributed by atoms with Gasteiger partial charge in [0.15, 0.2) is 0 Å². The predicted molar refractivity (Wildman–Crippen MR) is 58.7 cm³/mol. The molecule has 0 saturated heterocycles. The highest BCUT2D eigenvalue weighted by atomic mass is 19.3. The summed E-state index contributed by atoms with van der Waals surface area (Å²) in [5.74, 6) is 0.101. The highest BCUT2D eigenvalue weighted by Gasteiger charge is 2.25. The van der Waals surface area contributed by atoms with Gasteiger partial charge >= 0.3 is 0 Å². The van der Waals surface area contributed by atoms with E-state index < -0.39 is 6.08 Å². The fourth-order valence-electron chi connectivity index (χ4n) is 2.47. The molecule has 0 amide bonds. The summed E-state index contributed by atoms with van der Waals surface area (Å²) >= 11 is 0. The maximum absolute atomic E-state index is 12.9. The van der Waals surface area contributed by atoms with Gasteiger partial charge in [-0.2, -0.15) is 8.78 Å². The summed E-state index contributed by atoms with van der Waals surface area (Å²) in [6.45, 7) is 5.24. The third-order valence-electron chi connectivity index (χ3n) is 3.29. The molecule has 0 aromatic rings. The Morgan fingerprint density at radius 2 is 1.60 bits per heavy atom. The highest BCUT2D eigenvalue weighted by molar-refractivity contribution is 5.07. The van der Waals surface area contributed by atoms with Crippen molar-refractivity contribution in [3.8, 4) is 0 Å². The van der Waals surface area contributed by atoms with Crippen molar-refractivity contribution in [2.45, 2.75) is 46.0 Å². The van der Waals surface area contributed by atoms with Crippen LogP contribution in [0.1, 0.15) is 46.0 Å². The lowest BCUT2D eigenvalue weighted by atomic mass is 9.86. The molecule has 0 aliphatic heterocycles. The number of hydrogen-bond donors (Lipinski definition) is 0. The Morgan fingerprint density at radius 1 is 1.07 bits per heavy atom. The van der Waals surface area contributed by atoms with Crippen LogP contribution < -0.4 is 0 Å². The van der Waals surface area contributed by atoms with E-state index in [0.717, 1.165) is 25.7 Å². The molecule has 0 N–H and O–H groups in total. The van der Waals surface area contributed by atoms with Gasteiger partial charge in [-0.1, -0.05) is 19.3 Å². The number of nitrogens with zero attached hydrogens (tertiary/aromatic N) is 1. The van der Waals surface area contributed by atoms with E-state index in [1.165, 1.54) is 6.42 Å². The van der Waals surface area contributed by atoms with E-state index in [4.69, 9.17) is 0 Å². The molecule has 0 aromatic carbocycles. The Bertz CT molecular complexity index is 212. The first-order valence-corrected chi connectivity index (χ1v) is 6.00. The van der Waals surface area contributed by atoms with Gasteiger partial charge in [-0.15, -0.1) is 0 Å². The predicted octanol–water partition coefficient (Wildman–Crippen LogP) is 4.02. The lowest BCUT2D eigenvalue weighted by molar-refractivity contribution is 0.247. The third kappa shape index (κ3) is 3.18. The molecule has 0 unspecified atom stereocenters. The molecule has 0 aromatic heterocycles.